The van der Waals surface area contributed by atoms with Crippen LogP contribution in [-0.4, -0.2) is 42.1 Å². The second-order valence-corrected chi connectivity index (χ2v) is 7.25. The zero-order valence-electron chi connectivity index (χ0n) is 12.6. The van der Waals surface area contributed by atoms with Crippen LogP contribution >= 0.6 is 22.9 Å². The minimum absolute atomic E-state index is 0.108. The summed E-state index contributed by atoms with van der Waals surface area (Å²) < 4.78 is 6.51. The van der Waals surface area contributed by atoms with Crippen molar-refractivity contribution in [2.75, 3.05) is 18.0 Å². The highest BCUT2D eigenvalue weighted by Gasteiger charge is 2.35. The molecule has 0 saturated carbocycles. The molecule has 0 bridgehead atoms. The van der Waals surface area contributed by atoms with Crippen LogP contribution in [0.5, 0.6) is 0 Å². The predicted octanol–water partition coefficient (Wildman–Crippen LogP) is 1.46. The summed E-state index contributed by atoms with van der Waals surface area (Å²) in [5.74, 6) is -0.435. The Morgan fingerprint density at radius 1 is 1.42 bits per heavy atom. The van der Waals surface area contributed by atoms with Gasteiger partial charge in [0.25, 0.3) is 0 Å². The molecule has 4 rings (SSSR count). The molecule has 1 aromatic heterocycles. The number of ether oxygens (including phenoxy) is 1. The van der Waals surface area contributed by atoms with Gasteiger partial charge in [0.15, 0.2) is 5.13 Å². The van der Waals surface area contributed by atoms with Gasteiger partial charge in [-0.25, -0.2) is 10.4 Å². The third-order valence-corrected chi connectivity index (χ3v) is 5.48. The maximum atomic E-state index is 12.1. The normalized spacial score (nSPS) is 21.5. The second kappa shape index (κ2) is 6.19. The molecule has 2 N–H and O–H groups in total. The number of esters is 1. The maximum Gasteiger partial charge on any atom is 0.325 e. The van der Waals surface area contributed by atoms with E-state index >= 15 is 0 Å². The van der Waals surface area contributed by atoms with E-state index in [9.17, 15) is 9.59 Å². The van der Waals surface area contributed by atoms with E-state index in [1.807, 2.05) is 18.2 Å². The summed E-state index contributed by atoms with van der Waals surface area (Å²) in [5, 5.41) is 1.53. The topological polar surface area (TPSA) is 83.6 Å². The molecular formula is C15H15ClN4O3S. The van der Waals surface area contributed by atoms with Crippen LogP contribution < -0.4 is 15.8 Å². The fraction of sp³-hybridized carbons (Fsp3) is 0.400. The van der Waals surface area contributed by atoms with Crippen LogP contribution in [0, 0.1) is 0 Å². The van der Waals surface area contributed by atoms with Gasteiger partial charge in [0.1, 0.15) is 17.7 Å². The van der Waals surface area contributed by atoms with Gasteiger partial charge >= 0.3 is 5.97 Å². The Morgan fingerprint density at radius 3 is 2.96 bits per heavy atom. The van der Waals surface area contributed by atoms with Gasteiger partial charge in [-0.1, -0.05) is 29.0 Å². The van der Waals surface area contributed by atoms with E-state index in [4.69, 9.17) is 16.3 Å². The highest BCUT2D eigenvalue weighted by molar-refractivity contribution is 7.22. The van der Waals surface area contributed by atoms with Crippen molar-refractivity contribution in [2.45, 2.75) is 25.0 Å². The molecule has 0 aliphatic carbocycles. The highest BCUT2D eigenvalue weighted by atomic mass is 35.5. The molecule has 0 spiro atoms. The number of nitrogens with one attached hydrogen (secondary N) is 2. The number of thiazole rings is 1. The smallest absolute Gasteiger partial charge is 0.325 e. The third-order valence-electron chi connectivity index (χ3n) is 4.09. The standard InChI is InChI=1S/C15H15ClN4O3S/c16-9-2-1-3-11-13(9)17-15(24-11)20-6-8(7-20)23-14(22)10-4-5-12(21)19-18-10/h1-3,8,10,18H,4-7H2,(H,19,21). The Hall–Kier alpha value is -1.90. The maximum absolute atomic E-state index is 12.1. The number of para-hydroxylation sites is 1. The summed E-state index contributed by atoms with van der Waals surface area (Å²) in [4.78, 5) is 29.7. The lowest BCUT2D eigenvalue weighted by Crippen LogP contribution is -2.57. The van der Waals surface area contributed by atoms with E-state index in [-0.39, 0.29) is 18.0 Å². The fourth-order valence-corrected chi connectivity index (χ4v) is 3.99. The second-order valence-electron chi connectivity index (χ2n) is 5.83. The molecule has 1 atom stereocenters. The Bertz CT molecular complexity index is 795. The number of aromatic nitrogens is 1. The van der Waals surface area contributed by atoms with Crippen LogP contribution in [0.1, 0.15) is 12.8 Å². The van der Waals surface area contributed by atoms with Gasteiger partial charge in [0.05, 0.1) is 22.8 Å². The van der Waals surface area contributed by atoms with Crippen LogP contribution in [0.25, 0.3) is 10.2 Å². The molecule has 2 aliphatic rings. The average Bonchev–Trinajstić information content (AvgIpc) is 2.96. The molecule has 2 aliphatic heterocycles. The number of amides is 1. The number of fused-ring (bicyclic) bond motifs is 1. The number of hydrazine groups is 1. The molecule has 1 aromatic carbocycles. The zero-order valence-corrected chi connectivity index (χ0v) is 14.2. The van der Waals surface area contributed by atoms with Crippen LogP contribution in [-0.2, 0) is 14.3 Å². The minimum atomic E-state index is -0.474. The molecule has 9 heteroatoms. The number of anilines is 1. The molecular weight excluding hydrogens is 352 g/mol. The lowest BCUT2D eigenvalue weighted by molar-refractivity contribution is -0.154. The van der Waals surface area contributed by atoms with E-state index in [1.54, 1.807) is 11.3 Å². The lowest BCUT2D eigenvalue weighted by atomic mass is 10.1. The molecule has 7 nitrogen and oxygen atoms in total. The highest BCUT2D eigenvalue weighted by Crippen LogP contribution is 2.34. The van der Waals surface area contributed by atoms with Crippen molar-refractivity contribution in [3.8, 4) is 0 Å². The number of nitrogens with zero attached hydrogens (tertiary/aromatic N) is 2. The van der Waals surface area contributed by atoms with Gasteiger partial charge in [-0.2, -0.15) is 0 Å². The minimum Gasteiger partial charge on any atom is -0.457 e. The van der Waals surface area contributed by atoms with Crippen LogP contribution in [0.3, 0.4) is 0 Å². The number of halogens is 1. The Labute approximate surface area is 146 Å². The van der Waals surface area contributed by atoms with Crippen LogP contribution in [0.15, 0.2) is 18.2 Å². The molecule has 2 fully saturated rings. The molecule has 3 heterocycles. The molecule has 1 amide bonds. The van der Waals surface area contributed by atoms with Crippen LogP contribution in [0.4, 0.5) is 5.13 Å². The summed E-state index contributed by atoms with van der Waals surface area (Å²) in [6.07, 6.45) is 0.632. The largest absolute Gasteiger partial charge is 0.457 e. The Balaban J connectivity index is 1.33. The molecule has 126 valence electrons. The van der Waals surface area contributed by atoms with Crippen molar-refractivity contribution in [2.24, 2.45) is 0 Å². The number of hydrogen-bond donors (Lipinski definition) is 2. The van der Waals surface area contributed by atoms with E-state index in [0.717, 1.165) is 15.3 Å². The average molecular weight is 367 g/mol. The number of rotatable bonds is 3. The molecule has 1 unspecified atom stereocenters. The van der Waals surface area contributed by atoms with Gasteiger partial charge in [-0.3, -0.25) is 15.0 Å². The van der Waals surface area contributed by atoms with E-state index in [1.165, 1.54) is 0 Å². The molecule has 0 radical (unpaired) electrons. The van der Waals surface area contributed by atoms with E-state index in [0.29, 0.717) is 31.0 Å². The monoisotopic (exact) mass is 366 g/mol. The summed E-state index contributed by atoms with van der Waals surface area (Å²) in [5.41, 5.74) is 5.94. The Kier molecular flexibility index (Phi) is 4.03. The Morgan fingerprint density at radius 2 is 2.25 bits per heavy atom. The van der Waals surface area contributed by atoms with E-state index < -0.39 is 6.04 Å². The summed E-state index contributed by atoms with van der Waals surface area (Å²) >= 11 is 7.72. The summed E-state index contributed by atoms with van der Waals surface area (Å²) in [6, 6.07) is 5.24. The van der Waals surface area contributed by atoms with E-state index in [2.05, 4.69) is 20.7 Å². The van der Waals surface area contributed by atoms with Gasteiger partial charge in [0, 0.05) is 6.42 Å². The van der Waals surface area contributed by atoms with Gasteiger partial charge in [-0.05, 0) is 18.6 Å². The zero-order chi connectivity index (χ0) is 16.7. The number of benzene rings is 1. The van der Waals surface area contributed by atoms with Crippen molar-refractivity contribution < 1.29 is 14.3 Å². The summed E-state index contributed by atoms with van der Waals surface area (Å²) in [6.45, 7) is 1.23. The number of carbonyl (C=O) groups excluding carboxylic acids is 2. The lowest BCUT2D eigenvalue weighted by Gasteiger charge is -2.39. The fourth-order valence-electron chi connectivity index (χ4n) is 2.71. The molecule has 2 aromatic rings. The van der Waals surface area contributed by atoms with Gasteiger partial charge < -0.3 is 9.64 Å². The first-order valence-corrected chi connectivity index (χ1v) is 8.84. The third kappa shape index (κ3) is 2.92. The van der Waals surface area contributed by atoms with Gasteiger partial charge in [0.2, 0.25) is 5.91 Å². The predicted molar refractivity (Wildman–Crippen MR) is 91.0 cm³/mol. The van der Waals surface area contributed by atoms with Crippen molar-refractivity contribution in [3.05, 3.63) is 23.2 Å². The van der Waals surface area contributed by atoms with Crippen molar-refractivity contribution in [1.82, 2.24) is 15.8 Å². The number of hydrogen-bond acceptors (Lipinski definition) is 7. The first-order chi connectivity index (χ1) is 11.6. The molecule has 2 saturated heterocycles. The first kappa shape index (κ1) is 15.6. The quantitative estimate of drug-likeness (QED) is 0.800. The first-order valence-electron chi connectivity index (χ1n) is 7.65. The van der Waals surface area contributed by atoms with Crippen LogP contribution in [0.2, 0.25) is 5.02 Å². The van der Waals surface area contributed by atoms with Crippen molar-refractivity contribution >= 4 is 50.2 Å². The number of carbonyl (C=O) groups is 2. The SMILES string of the molecule is O=C1CCC(C(=O)OC2CN(c3nc4c(Cl)cccc4s3)C2)NN1. The van der Waals surface area contributed by atoms with Crippen molar-refractivity contribution in [1.29, 1.82) is 0 Å². The van der Waals surface area contributed by atoms with Crippen molar-refractivity contribution in [3.63, 3.8) is 0 Å². The molecule has 24 heavy (non-hydrogen) atoms. The summed E-state index contributed by atoms with van der Waals surface area (Å²) in [7, 11) is 0. The van der Waals surface area contributed by atoms with Gasteiger partial charge in [-0.15, -0.1) is 0 Å².